The van der Waals surface area contributed by atoms with Crippen LogP contribution in [0.15, 0.2) is 72.8 Å². The van der Waals surface area contributed by atoms with Gasteiger partial charge in [-0.15, -0.1) is 0 Å². The first-order chi connectivity index (χ1) is 25.9. The lowest BCUT2D eigenvalue weighted by molar-refractivity contribution is -0.133. The monoisotopic (exact) mass is 742 g/mol. The molecule has 0 fully saturated rings. The Hall–Kier alpha value is -5.92. The van der Waals surface area contributed by atoms with Crippen molar-refractivity contribution in [3.63, 3.8) is 0 Å². The number of nitrogens with one attached hydrogen (secondary N) is 6. The molecule has 3 aromatic carbocycles. The molecule has 0 saturated carbocycles. The van der Waals surface area contributed by atoms with Crippen molar-refractivity contribution in [1.29, 1.82) is 0 Å². The predicted molar refractivity (Wildman–Crippen MR) is 203 cm³/mol. The van der Waals surface area contributed by atoms with Gasteiger partial charge in [0.05, 0.1) is 7.11 Å². The van der Waals surface area contributed by atoms with Crippen molar-refractivity contribution in [2.24, 2.45) is 5.92 Å². The summed E-state index contributed by atoms with van der Waals surface area (Å²) in [6.07, 6.45) is 1.68. The van der Waals surface area contributed by atoms with Gasteiger partial charge in [0.2, 0.25) is 23.6 Å². The van der Waals surface area contributed by atoms with Crippen LogP contribution >= 0.6 is 0 Å². The molecule has 0 unspecified atom stereocenters. The second kappa shape index (κ2) is 20.4. The van der Waals surface area contributed by atoms with Gasteiger partial charge in [0.15, 0.2) is 18.1 Å². The summed E-state index contributed by atoms with van der Waals surface area (Å²) in [5.74, 6) is -2.27. The topological polar surface area (TPSA) is 193 Å². The Morgan fingerprint density at radius 3 is 2.35 bits per heavy atom. The van der Waals surface area contributed by atoms with Gasteiger partial charge >= 0.3 is 0 Å². The van der Waals surface area contributed by atoms with Crippen molar-refractivity contribution in [2.45, 2.75) is 71.0 Å². The number of fused-ring (bicyclic) bond motifs is 2. The summed E-state index contributed by atoms with van der Waals surface area (Å²) in [5.41, 5.74) is 2.29. The summed E-state index contributed by atoms with van der Waals surface area (Å²) in [6.45, 7) is 5.21. The van der Waals surface area contributed by atoms with Crippen LogP contribution in [0, 0.1) is 5.92 Å². The first-order valence-corrected chi connectivity index (χ1v) is 18.1. The first-order valence-electron chi connectivity index (χ1n) is 18.1. The average molecular weight is 743 g/mol. The van der Waals surface area contributed by atoms with Crippen LogP contribution in [0.4, 0.5) is 5.69 Å². The molecular weight excluding hydrogens is 692 g/mol. The predicted octanol–water partition coefficient (Wildman–Crippen LogP) is 2.66. The third-order valence-corrected chi connectivity index (χ3v) is 8.75. The number of hydrogen-bond acceptors (Lipinski definition) is 8. The number of anilines is 1. The van der Waals surface area contributed by atoms with Gasteiger partial charge in [0.1, 0.15) is 18.1 Å². The Morgan fingerprint density at radius 2 is 1.63 bits per heavy atom. The van der Waals surface area contributed by atoms with E-state index in [1.54, 1.807) is 30.3 Å². The number of aryl methyl sites for hydroxylation is 1. The van der Waals surface area contributed by atoms with Crippen molar-refractivity contribution < 1.29 is 38.2 Å². The third kappa shape index (κ3) is 12.6. The molecule has 14 heteroatoms. The maximum absolute atomic E-state index is 14.0. The Kier molecular flexibility index (Phi) is 15.4. The molecule has 0 saturated heterocycles. The van der Waals surface area contributed by atoms with Crippen LogP contribution in [0.2, 0.25) is 0 Å². The van der Waals surface area contributed by atoms with Gasteiger partial charge in [-0.05, 0) is 73.1 Å². The largest absolute Gasteiger partial charge is 0.493 e. The zero-order valence-electron chi connectivity index (χ0n) is 31.2. The van der Waals surface area contributed by atoms with E-state index >= 15 is 0 Å². The van der Waals surface area contributed by atoms with E-state index in [1.807, 2.05) is 50.2 Å². The molecule has 3 aromatic rings. The van der Waals surface area contributed by atoms with Crippen LogP contribution in [0.1, 0.15) is 61.5 Å². The van der Waals surface area contributed by atoms with Crippen LogP contribution < -0.4 is 41.4 Å². The SMILES string of the molecule is COc1ccc2cc1OCC(=O)NCCC[C@H](NC(=O)c1cccc(NC(C)=O)c1)C(=O)N[C@@H](Cc1ccccc1)C(=O)N[C@H](C(C)C)C(=O)NCCC2. The number of ether oxygens (including phenoxy) is 2. The minimum atomic E-state index is -1.13. The Bertz CT molecular complexity index is 1780. The number of carbonyl (C=O) groups excluding carboxylic acids is 6. The van der Waals surface area contributed by atoms with E-state index in [1.165, 1.54) is 20.1 Å². The van der Waals surface area contributed by atoms with Crippen LogP contribution in [-0.4, -0.2) is 80.4 Å². The molecular formula is C40H50N6O8. The molecule has 0 aliphatic carbocycles. The number of methoxy groups -OCH3 is 1. The van der Waals surface area contributed by atoms with E-state index in [0.717, 1.165) is 11.1 Å². The van der Waals surface area contributed by atoms with Gasteiger partial charge in [0.25, 0.3) is 11.8 Å². The van der Waals surface area contributed by atoms with Crippen LogP contribution in [0.25, 0.3) is 0 Å². The molecule has 0 aromatic heterocycles. The first kappa shape index (κ1) is 40.8. The van der Waals surface area contributed by atoms with E-state index in [0.29, 0.717) is 36.6 Å². The number of carbonyl (C=O) groups is 6. The number of rotatable bonds is 7. The summed E-state index contributed by atoms with van der Waals surface area (Å²) in [6, 6.07) is 17.7. The van der Waals surface area contributed by atoms with E-state index in [2.05, 4.69) is 31.9 Å². The molecule has 2 bridgehead atoms. The molecule has 1 aliphatic rings. The molecule has 1 aliphatic heterocycles. The fourth-order valence-electron chi connectivity index (χ4n) is 5.90. The summed E-state index contributed by atoms with van der Waals surface area (Å²) in [5, 5.41) is 16.8. The summed E-state index contributed by atoms with van der Waals surface area (Å²) in [4.78, 5) is 79.2. The van der Waals surface area contributed by atoms with Crippen molar-refractivity contribution in [3.8, 4) is 11.5 Å². The molecule has 1 heterocycles. The van der Waals surface area contributed by atoms with Gasteiger partial charge in [0, 0.05) is 37.7 Å². The highest BCUT2D eigenvalue weighted by molar-refractivity contribution is 6.00. The maximum atomic E-state index is 14.0. The molecule has 0 spiro atoms. The fraction of sp³-hybridized carbons (Fsp3) is 0.400. The van der Waals surface area contributed by atoms with Crippen LogP contribution in [-0.2, 0) is 36.8 Å². The zero-order valence-corrected chi connectivity index (χ0v) is 31.2. The van der Waals surface area contributed by atoms with Crippen molar-refractivity contribution in [1.82, 2.24) is 26.6 Å². The minimum Gasteiger partial charge on any atom is -0.493 e. The molecule has 54 heavy (non-hydrogen) atoms. The van der Waals surface area contributed by atoms with E-state index in [9.17, 15) is 28.8 Å². The Balaban J connectivity index is 1.62. The zero-order chi connectivity index (χ0) is 39.0. The van der Waals surface area contributed by atoms with Gasteiger partial charge < -0.3 is 41.4 Å². The maximum Gasteiger partial charge on any atom is 0.257 e. The second-order valence-electron chi connectivity index (χ2n) is 13.4. The van der Waals surface area contributed by atoms with Crippen LogP contribution in [0.5, 0.6) is 11.5 Å². The van der Waals surface area contributed by atoms with Crippen molar-refractivity contribution in [3.05, 3.63) is 89.5 Å². The van der Waals surface area contributed by atoms with Gasteiger partial charge in [-0.25, -0.2) is 0 Å². The second-order valence-corrected chi connectivity index (χ2v) is 13.4. The van der Waals surface area contributed by atoms with E-state index < -0.39 is 41.8 Å². The Labute approximate surface area is 315 Å². The number of benzene rings is 3. The van der Waals surface area contributed by atoms with Crippen molar-refractivity contribution >= 4 is 41.1 Å². The smallest absolute Gasteiger partial charge is 0.257 e. The normalized spacial score (nSPS) is 19.3. The highest BCUT2D eigenvalue weighted by atomic mass is 16.5. The molecule has 6 amide bonds. The standard InChI is InChI=1S/C40H50N6O8/c1-25(2)36-40(52)42-20-9-13-28-17-18-33(53-4)34(22-28)54-24-35(48)41-19-10-16-31(44-37(49)29-14-8-15-30(23-29)43-26(3)47)38(50)45-32(39(51)46-36)21-27-11-6-5-7-12-27/h5-8,11-12,14-15,17-18,22-23,25,31-32,36H,9-10,13,16,19-21,24H2,1-4H3,(H,41,48)(H,42,52)(H,43,47)(H,44,49)(H,45,50)(H,46,51)/t31-,32-,36+/m0/s1. The molecule has 0 radical (unpaired) electrons. The number of amides is 6. The lowest BCUT2D eigenvalue weighted by Gasteiger charge is -2.27. The summed E-state index contributed by atoms with van der Waals surface area (Å²) < 4.78 is 11.2. The van der Waals surface area contributed by atoms with Gasteiger partial charge in [-0.1, -0.05) is 56.3 Å². The minimum absolute atomic E-state index is 0.0939. The van der Waals surface area contributed by atoms with E-state index in [-0.39, 0.29) is 55.7 Å². The van der Waals surface area contributed by atoms with E-state index in [4.69, 9.17) is 9.47 Å². The fourth-order valence-corrected chi connectivity index (χ4v) is 5.90. The lowest BCUT2D eigenvalue weighted by atomic mass is 10.00. The highest BCUT2D eigenvalue weighted by Crippen LogP contribution is 2.28. The highest BCUT2D eigenvalue weighted by Gasteiger charge is 2.31. The molecule has 4 rings (SSSR count). The average Bonchev–Trinajstić information content (AvgIpc) is 3.15. The summed E-state index contributed by atoms with van der Waals surface area (Å²) in [7, 11) is 1.51. The summed E-state index contributed by atoms with van der Waals surface area (Å²) >= 11 is 0. The number of hydrogen-bond donors (Lipinski definition) is 6. The molecule has 288 valence electrons. The quantitative estimate of drug-likeness (QED) is 0.213. The molecule has 14 nitrogen and oxygen atoms in total. The van der Waals surface area contributed by atoms with Gasteiger partial charge in [-0.3, -0.25) is 28.8 Å². The van der Waals surface area contributed by atoms with Crippen LogP contribution in [0.3, 0.4) is 0 Å². The molecule has 3 atom stereocenters. The lowest BCUT2D eigenvalue weighted by Crippen LogP contribution is -2.58. The van der Waals surface area contributed by atoms with Gasteiger partial charge in [-0.2, -0.15) is 0 Å². The third-order valence-electron chi connectivity index (χ3n) is 8.75. The van der Waals surface area contributed by atoms with Crippen molar-refractivity contribution in [2.75, 3.05) is 32.1 Å². The molecule has 6 N–H and O–H groups in total. The Morgan fingerprint density at radius 1 is 0.870 bits per heavy atom.